The summed E-state index contributed by atoms with van der Waals surface area (Å²) in [7, 11) is -3.89. The lowest BCUT2D eigenvalue weighted by Gasteiger charge is -2.33. The van der Waals surface area contributed by atoms with Crippen LogP contribution in [0.5, 0.6) is 0 Å². The summed E-state index contributed by atoms with van der Waals surface area (Å²) in [5, 5.41) is -0.341. The number of amides is 2. The van der Waals surface area contributed by atoms with E-state index in [1.165, 1.54) is 16.4 Å². The van der Waals surface area contributed by atoms with Crippen molar-refractivity contribution in [1.29, 1.82) is 0 Å². The Morgan fingerprint density at radius 3 is 2.38 bits per heavy atom. The van der Waals surface area contributed by atoms with Gasteiger partial charge in [0.1, 0.15) is 5.69 Å². The van der Waals surface area contributed by atoms with Crippen molar-refractivity contribution in [3.8, 4) is 0 Å². The fourth-order valence-corrected chi connectivity index (χ4v) is 4.01. The van der Waals surface area contributed by atoms with Gasteiger partial charge in [0.2, 0.25) is 5.09 Å². The number of carbonyl (C=O) groups excluding carboxylic acids is 2. The molecular weight excluding hydrogens is 360 g/mol. The number of primary amides is 1. The molecule has 1 aliphatic rings. The van der Waals surface area contributed by atoms with Crippen LogP contribution in [0.2, 0.25) is 0 Å². The summed E-state index contributed by atoms with van der Waals surface area (Å²) < 4.78 is 31.4. The molecule has 1 aliphatic heterocycles. The van der Waals surface area contributed by atoms with Crippen LogP contribution in [0.15, 0.2) is 39.8 Å². The zero-order valence-corrected chi connectivity index (χ0v) is 14.9. The van der Waals surface area contributed by atoms with Gasteiger partial charge in [-0.1, -0.05) is 6.07 Å². The molecule has 1 saturated heterocycles. The first-order chi connectivity index (χ1) is 12.3. The molecule has 138 valence electrons. The second-order valence-electron chi connectivity index (χ2n) is 5.84. The van der Waals surface area contributed by atoms with Crippen LogP contribution >= 0.6 is 0 Å². The Morgan fingerprint density at radius 1 is 1.12 bits per heavy atom. The topological polar surface area (TPSA) is 127 Å². The summed E-state index contributed by atoms with van der Waals surface area (Å²) in [6.07, 6.45) is 0. The van der Waals surface area contributed by atoms with Crippen molar-refractivity contribution >= 4 is 21.8 Å². The number of hydrogen-bond donors (Lipinski definition) is 1. The molecule has 26 heavy (non-hydrogen) atoms. The minimum Gasteiger partial charge on any atom is -0.438 e. The van der Waals surface area contributed by atoms with E-state index in [2.05, 4.69) is 4.98 Å². The number of hydrogen-bond acceptors (Lipinski definition) is 6. The standard InChI is InChI=1S/C16H18N4O5S/c1-11-3-2-4-12(18-11)16(22)19-7-9-20(10-8-19)26(23,24)14-6-5-13(25-14)15(17)21/h2-6H,7-10H2,1H3,(H2,17,21). The third kappa shape index (κ3) is 3.46. The van der Waals surface area contributed by atoms with Crippen LogP contribution < -0.4 is 5.73 Å². The molecule has 0 saturated carbocycles. The van der Waals surface area contributed by atoms with Crippen molar-refractivity contribution in [2.24, 2.45) is 5.73 Å². The van der Waals surface area contributed by atoms with Crippen molar-refractivity contribution in [1.82, 2.24) is 14.2 Å². The van der Waals surface area contributed by atoms with Crippen molar-refractivity contribution in [3.05, 3.63) is 47.5 Å². The minimum absolute atomic E-state index is 0.118. The second kappa shape index (κ2) is 6.89. The number of aromatic nitrogens is 1. The molecule has 0 unspecified atom stereocenters. The Labute approximate surface area is 150 Å². The van der Waals surface area contributed by atoms with Gasteiger partial charge in [-0.3, -0.25) is 9.59 Å². The molecule has 0 radical (unpaired) electrons. The SMILES string of the molecule is Cc1cccc(C(=O)N2CCN(S(=O)(=O)c3ccc(C(N)=O)o3)CC2)n1. The highest BCUT2D eigenvalue weighted by Gasteiger charge is 2.33. The maximum absolute atomic E-state index is 12.6. The van der Waals surface area contributed by atoms with Gasteiger partial charge < -0.3 is 15.1 Å². The monoisotopic (exact) mass is 378 g/mol. The first kappa shape index (κ1) is 18.1. The van der Waals surface area contributed by atoms with E-state index in [0.717, 1.165) is 5.69 Å². The Hall–Kier alpha value is -2.72. The number of rotatable bonds is 4. The van der Waals surface area contributed by atoms with Crippen molar-refractivity contribution in [3.63, 3.8) is 0 Å². The van der Waals surface area contributed by atoms with Crippen molar-refractivity contribution in [2.75, 3.05) is 26.2 Å². The Kier molecular flexibility index (Phi) is 4.79. The van der Waals surface area contributed by atoms with Gasteiger partial charge in [0.15, 0.2) is 5.76 Å². The fourth-order valence-electron chi connectivity index (χ4n) is 2.67. The first-order valence-corrected chi connectivity index (χ1v) is 9.36. The Bertz CT molecular complexity index is 945. The molecular formula is C16H18N4O5S. The Morgan fingerprint density at radius 2 is 1.81 bits per heavy atom. The summed E-state index contributed by atoms with van der Waals surface area (Å²) in [6.45, 7) is 2.50. The predicted octanol–water partition coefficient (Wildman–Crippen LogP) is 0.229. The van der Waals surface area contributed by atoms with Crippen molar-refractivity contribution < 1.29 is 22.4 Å². The molecule has 10 heteroatoms. The number of sulfonamides is 1. The molecule has 2 N–H and O–H groups in total. The molecule has 0 bridgehead atoms. The largest absolute Gasteiger partial charge is 0.438 e. The van der Waals surface area contributed by atoms with Gasteiger partial charge in [0.25, 0.3) is 21.8 Å². The van der Waals surface area contributed by atoms with Crippen LogP contribution in [0.1, 0.15) is 26.7 Å². The second-order valence-corrected chi connectivity index (χ2v) is 7.71. The number of furan rings is 1. The lowest BCUT2D eigenvalue weighted by molar-refractivity contribution is 0.0690. The van der Waals surface area contributed by atoms with E-state index >= 15 is 0 Å². The van der Waals surface area contributed by atoms with E-state index in [1.54, 1.807) is 30.0 Å². The quantitative estimate of drug-likeness (QED) is 0.811. The average molecular weight is 378 g/mol. The van der Waals surface area contributed by atoms with Crippen LogP contribution in [-0.4, -0.2) is 60.6 Å². The molecule has 1 fully saturated rings. The zero-order chi connectivity index (χ0) is 18.9. The smallest absolute Gasteiger partial charge is 0.284 e. The van der Waals surface area contributed by atoms with Crippen LogP contribution in [0.3, 0.4) is 0 Å². The summed E-state index contributed by atoms with van der Waals surface area (Å²) in [5.41, 5.74) is 6.14. The molecule has 0 aromatic carbocycles. The summed E-state index contributed by atoms with van der Waals surface area (Å²) in [5.74, 6) is -1.30. The highest BCUT2D eigenvalue weighted by Crippen LogP contribution is 2.20. The average Bonchev–Trinajstić information content (AvgIpc) is 3.12. The summed E-state index contributed by atoms with van der Waals surface area (Å²) in [6, 6.07) is 7.60. The predicted molar refractivity (Wildman–Crippen MR) is 90.9 cm³/mol. The van der Waals surface area contributed by atoms with Gasteiger partial charge in [0.05, 0.1) is 0 Å². The van der Waals surface area contributed by atoms with E-state index in [9.17, 15) is 18.0 Å². The van der Waals surface area contributed by atoms with Gasteiger partial charge in [0, 0.05) is 31.9 Å². The molecule has 0 atom stereocenters. The lowest BCUT2D eigenvalue weighted by Crippen LogP contribution is -2.50. The minimum atomic E-state index is -3.89. The van der Waals surface area contributed by atoms with E-state index < -0.39 is 15.9 Å². The number of piperazine rings is 1. The van der Waals surface area contributed by atoms with Crippen LogP contribution in [0.25, 0.3) is 0 Å². The third-order valence-electron chi connectivity index (χ3n) is 4.05. The van der Waals surface area contributed by atoms with E-state index in [4.69, 9.17) is 10.2 Å². The number of carbonyl (C=O) groups is 2. The first-order valence-electron chi connectivity index (χ1n) is 7.92. The van der Waals surface area contributed by atoms with Gasteiger partial charge in [-0.25, -0.2) is 13.4 Å². The lowest BCUT2D eigenvalue weighted by atomic mass is 10.2. The molecule has 0 aliphatic carbocycles. The molecule has 2 aromatic heterocycles. The maximum atomic E-state index is 12.6. The maximum Gasteiger partial charge on any atom is 0.284 e. The van der Waals surface area contributed by atoms with Gasteiger partial charge in [-0.15, -0.1) is 0 Å². The van der Waals surface area contributed by atoms with Gasteiger partial charge in [-0.05, 0) is 31.2 Å². The summed E-state index contributed by atoms with van der Waals surface area (Å²) >= 11 is 0. The van der Waals surface area contributed by atoms with E-state index in [0.29, 0.717) is 5.69 Å². The number of aryl methyl sites for hydroxylation is 1. The van der Waals surface area contributed by atoms with Crippen molar-refractivity contribution in [2.45, 2.75) is 12.0 Å². The molecule has 3 rings (SSSR count). The number of nitrogens with zero attached hydrogens (tertiary/aromatic N) is 3. The molecule has 3 heterocycles. The van der Waals surface area contributed by atoms with E-state index in [-0.39, 0.29) is 42.9 Å². The highest BCUT2D eigenvalue weighted by molar-refractivity contribution is 7.89. The molecule has 2 aromatic rings. The zero-order valence-electron chi connectivity index (χ0n) is 14.1. The molecule has 0 spiro atoms. The normalized spacial score (nSPS) is 15.8. The number of pyridine rings is 1. The molecule has 9 nitrogen and oxygen atoms in total. The number of nitrogens with two attached hydrogens (primary N) is 1. The molecule has 2 amide bonds. The van der Waals surface area contributed by atoms with Gasteiger partial charge >= 0.3 is 0 Å². The highest BCUT2D eigenvalue weighted by atomic mass is 32.2. The van der Waals surface area contributed by atoms with Crippen LogP contribution in [0, 0.1) is 6.92 Å². The van der Waals surface area contributed by atoms with E-state index in [1.807, 2.05) is 0 Å². The van der Waals surface area contributed by atoms with Crippen LogP contribution in [0.4, 0.5) is 0 Å². The fraction of sp³-hybridized carbons (Fsp3) is 0.312. The third-order valence-corrected chi connectivity index (χ3v) is 5.82. The van der Waals surface area contributed by atoms with Gasteiger partial charge in [-0.2, -0.15) is 4.31 Å². The van der Waals surface area contributed by atoms with Crippen LogP contribution in [-0.2, 0) is 10.0 Å². The summed E-state index contributed by atoms with van der Waals surface area (Å²) in [4.78, 5) is 29.3. The Balaban J connectivity index is 1.69.